The maximum absolute atomic E-state index is 12.6. The van der Waals surface area contributed by atoms with Gasteiger partial charge < -0.3 is 24.8 Å². The molecule has 2 N–H and O–H groups in total. The van der Waals surface area contributed by atoms with Gasteiger partial charge in [-0.05, 0) is 56.9 Å². The summed E-state index contributed by atoms with van der Waals surface area (Å²) in [6.45, 7) is 5.95. The van der Waals surface area contributed by atoms with Crippen LogP contribution in [0, 0.1) is 0 Å². The summed E-state index contributed by atoms with van der Waals surface area (Å²) in [5, 5.41) is 8.07. The van der Waals surface area contributed by atoms with Gasteiger partial charge in [0.1, 0.15) is 4.88 Å². The molecule has 1 aromatic carbocycles. The van der Waals surface area contributed by atoms with Crippen LogP contribution >= 0.6 is 11.3 Å². The monoisotopic (exact) mass is 479 g/mol. The highest BCUT2D eigenvalue weighted by Crippen LogP contribution is 2.38. The fourth-order valence-electron chi connectivity index (χ4n) is 5.01. The van der Waals surface area contributed by atoms with Crippen LogP contribution < -0.4 is 15.5 Å². The highest BCUT2D eigenvalue weighted by molar-refractivity contribution is 7.17. The van der Waals surface area contributed by atoms with Crippen molar-refractivity contribution < 1.29 is 14.3 Å². The van der Waals surface area contributed by atoms with Crippen molar-refractivity contribution in [3.63, 3.8) is 0 Å². The molecule has 8 nitrogen and oxygen atoms in total. The molecule has 2 amide bonds. The van der Waals surface area contributed by atoms with Gasteiger partial charge in [-0.15, -0.1) is 0 Å². The summed E-state index contributed by atoms with van der Waals surface area (Å²) in [7, 11) is 2.04. The Labute approximate surface area is 202 Å². The minimum absolute atomic E-state index is 0.0000200. The lowest BCUT2D eigenvalue weighted by Crippen LogP contribution is -2.47. The molecule has 1 aliphatic carbocycles. The smallest absolute Gasteiger partial charge is 0.264 e. The van der Waals surface area contributed by atoms with E-state index in [4.69, 9.17) is 9.72 Å². The van der Waals surface area contributed by atoms with Gasteiger partial charge in [0, 0.05) is 42.3 Å². The number of morpholine rings is 1. The van der Waals surface area contributed by atoms with Crippen molar-refractivity contribution in [3.8, 4) is 0 Å². The molecule has 2 aliphatic heterocycles. The van der Waals surface area contributed by atoms with Crippen LogP contribution in [-0.4, -0.2) is 53.2 Å². The van der Waals surface area contributed by atoms with Crippen LogP contribution in [0.4, 0.5) is 5.13 Å². The van der Waals surface area contributed by atoms with E-state index in [-0.39, 0.29) is 17.9 Å². The number of hydrogen-bond donors (Lipinski definition) is 2. The molecule has 2 aromatic heterocycles. The third-order valence-electron chi connectivity index (χ3n) is 7.02. The van der Waals surface area contributed by atoms with E-state index in [9.17, 15) is 9.59 Å². The quantitative estimate of drug-likeness (QED) is 0.588. The number of benzene rings is 1. The first-order valence-corrected chi connectivity index (χ1v) is 12.7. The molecule has 1 saturated heterocycles. The van der Waals surface area contributed by atoms with Crippen molar-refractivity contribution in [1.29, 1.82) is 0 Å². The first kappa shape index (κ1) is 21.6. The van der Waals surface area contributed by atoms with Crippen molar-refractivity contribution in [2.75, 3.05) is 24.7 Å². The van der Waals surface area contributed by atoms with Gasteiger partial charge >= 0.3 is 0 Å². The first-order chi connectivity index (χ1) is 16.3. The number of aromatic nitrogens is 2. The predicted octanol–water partition coefficient (Wildman–Crippen LogP) is 2.95. The molecular weight excluding hydrogens is 450 g/mol. The number of nitrogens with zero attached hydrogens (tertiary/aromatic N) is 3. The summed E-state index contributed by atoms with van der Waals surface area (Å²) >= 11 is 1.47. The minimum atomic E-state index is -0.448. The number of carbonyl (C=O) groups excluding carboxylic acids is 2. The van der Waals surface area contributed by atoms with Gasteiger partial charge in [-0.2, -0.15) is 0 Å². The minimum Gasteiger partial charge on any atom is -0.377 e. The largest absolute Gasteiger partial charge is 0.377 e. The average Bonchev–Trinajstić information content (AvgIpc) is 3.33. The van der Waals surface area contributed by atoms with E-state index in [0.717, 1.165) is 47.5 Å². The maximum atomic E-state index is 12.6. The van der Waals surface area contributed by atoms with Crippen molar-refractivity contribution >= 4 is 39.2 Å². The van der Waals surface area contributed by atoms with Gasteiger partial charge in [0.2, 0.25) is 0 Å². The fraction of sp³-hybridized carbons (Fsp3) is 0.480. The van der Waals surface area contributed by atoms with E-state index >= 15 is 0 Å². The maximum Gasteiger partial charge on any atom is 0.264 e. The number of carbonyl (C=O) groups is 2. The second-order valence-electron chi connectivity index (χ2n) is 10.1. The molecule has 6 rings (SSSR count). The standard InChI is InChI=1S/C25H29N5O3S/c1-25(2)21-20(23(32)28-25)34-24(27-21)30-8-9-33-13-17(30)10-15-12-29(3)19-7-4-14(11-18(15)19)22(31)26-16-5-6-16/h4,7,11-12,16-17H,5-6,8-10,13H2,1-3H3,(H,26,31)(H,28,32)/t17-/m0/s1. The Morgan fingerprint density at radius 3 is 2.94 bits per heavy atom. The highest BCUT2D eigenvalue weighted by atomic mass is 32.1. The van der Waals surface area contributed by atoms with E-state index in [1.54, 1.807) is 0 Å². The van der Waals surface area contributed by atoms with Crippen LogP contribution in [0.15, 0.2) is 24.4 Å². The fourth-order valence-corrected chi connectivity index (χ4v) is 6.23. The molecule has 0 unspecified atom stereocenters. The Morgan fingerprint density at radius 2 is 2.18 bits per heavy atom. The van der Waals surface area contributed by atoms with Crippen LogP contribution in [0.2, 0.25) is 0 Å². The van der Waals surface area contributed by atoms with Gasteiger partial charge in [0.15, 0.2) is 5.13 Å². The number of aryl methyl sites for hydroxylation is 1. The molecule has 1 saturated carbocycles. The zero-order chi connectivity index (χ0) is 23.6. The van der Waals surface area contributed by atoms with Crippen LogP contribution in [0.5, 0.6) is 0 Å². The molecule has 4 heterocycles. The molecule has 2 fully saturated rings. The number of thiazole rings is 1. The number of rotatable bonds is 5. The molecular formula is C25H29N5O3S. The van der Waals surface area contributed by atoms with Crippen molar-refractivity contribution in [1.82, 2.24) is 20.2 Å². The Bertz CT molecular complexity index is 1310. The average molecular weight is 480 g/mol. The predicted molar refractivity (Wildman–Crippen MR) is 132 cm³/mol. The summed E-state index contributed by atoms with van der Waals surface area (Å²) in [5.74, 6) is -0.0420. The lowest BCUT2D eigenvalue weighted by molar-refractivity contribution is 0.0934. The van der Waals surface area contributed by atoms with E-state index in [1.165, 1.54) is 16.9 Å². The summed E-state index contributed by atoms with van der Waals surface area (Å²) in [6, 6.07) is 6.38. The van der Waals surface area contributed by atoms with Crippen molar-refractivity contribution in [2.24, 2.45) is 7.05 Å². The van der Waals surface area contributed by atoms with Crippen LogP contribution in [0.1, 0.15) is 58.0 Å². The van der Waals surface area contributed by atoms with E-state index in [2.05, 4.69) is 26.3 Å². The van der Waals surface area contributed by atoms with Gasteiger partial charge in [0.05, 0.1) is 30.5 Å². The molecule has 1 atom stereocenters. The number of hydrogen-bond acceptors (Lipinski definition) is 6. The second-order valence-corrected chi connectivity index (χ2v) is 11.1. The normalized spacial score (nSPS) is 21.6. The topological polar surface area (TPSA) is 88.5 Å². The number of anilines is 1. The Hall–Kier alpha value is -2.91. The van der Waals surface area contributed by atoms with Crippen molar-refractivity contribution in [2.45, 2.75) is 50.7 Å². The SMILES string of the molecule is Cn1cc(C[C@H]2COCCN2c2nc3c(s2)C(=O)NC3(C)C)c2cc(C(=O)NC3CC3)ccc21. The summed E-state index contributed by atoms with van der Waals surface area (Å²) < 4.78 is 7.98. The molecule has 0 bridgehead atoms. The summed E-state index contributed by atoms with van der Waals surface area (Å²) in [5.41, 5.74) is 3.37. The zero-order valence-electron chi connectivity index (χ0n) is 19.7. The van der Waals surface area contributed by atoms with Crippen LogP contribution in [-0.2, 0) is 23.7 Å². The number of amides is 2. The van der Waals surface area contributed by atoms with Gasteiger partial charge in [-0.1, -0.05) is 11.3 Å². The molecule has 9 heteroatoms. The lowest BCUT2D eigenvalue weighted by Gasteiger charge is -2.35. The van der Waals surface area contributed by atoms with Crippen LogP contribution in [0.25, 0.3) is 10.9 Å². The van der Waals surface area contributed by atoms with Gasteiger partial charge in [-0.25, -0.2) is 4.98 Å². The number of nitrogens with one attached hydrogen (secondary N) is 2. The first-order valence-electron chi connectivity index (χ1n) is 11.9. The second kappa shape index (κ2) is 7.81. The molecule has 3 aromatic rings. The molecule has 3 aliphatic rings. The third kappa shape index (κ3) is 3.67. The van der Waals surface area contributed by atoms with E-state index < -0.39 is 5.54 Å². The molecule has 34 heavy (non-hydrogen) atoms. The Balaban J connectivity index is 1.30. The molecule has 0 radical (unpaired) electrons. The third-order valence-corrected chi connectivity index (χ3v) is 8.11. The van der Waals surface area contributed by atoms with E-state index in [0.29, 0.717) is 29.7 Å². The molecule has 0 spiro atoms. The zero-order valence-corrected chi connectivity index (χ0v) is 20.5. The van der Waals surface area contributed by atoms with E-state index in [1.807, 2.05) is 39.1 Å². The van der Waals surface area contributed by atoms with Gasteiger partial charge in [0.25, 0.3) is 11.8 Å². The summed E-state index contributed by atoms with van der Waals surface area (Å²) in [6.07, 6.45) is 5.06. The molecule has 178 valence electrons. The number of fused-ring (bicyclic) bond motifs is 2. The Kier molecular flexibility index (Phi) is 4.97. The lowest BCUT2D eigenvalue weighted by atomic mass is 10.0. The number of ether oxygens (including phenoxy) is 1. The summed E-state index contributed by atoms with van der Waals surface area (Å²) in [4.78, 5) is 33.0. The Morgan fingerprint density at radius 1 is 1.35 bits per heavy atom. The van der Waals surface area contributed by atoms with Gasteiger partial charge in [-0.3, -0.25) is 9.59 Å². The van der Waals surface area contributed by atoms with Crippen LogP contribution in [0.3, 0.4) is 0 Å². The highest BCUT2D eigenvalue weighted by Gasteiger charge is 2.40. The van der Waals surface area contributed by atoms with Crippen molar-refractivity contribution in [3.05, 3.63) is 46.1 Å².